The van der Waals surface area contributed by atoms with Gasteiger partial charge in [-0.15, -0.1) is 12.4 Å². The van der Waals surface area contributed by atoms with Gasteiger partial charge in [0.1, 0.15) is 0 Å². The van der Waals surface area contributed by atoms with Crippen LogP contribution in [0, 0.1) is 5.92 Å². The van der Waals surface area contributed by atoms with Gasteiger partial charge in [-0.1, -0.05) is 0 Å². The van der Waals surface area contributed by atoms with Crippen LogP contribution in [-0.2, 0) is 10.0 Å². The normalized spacial score (nSPS) is 26.2. The molecule has 8 nitrogen and oxygen atoms in total. The number of nitrogens with one attached hydrogen (secondary N) is 3. The molecule has 2 aliphatic rings. The molecule has 1 aromatic rings. The first-order valence-corrected chi connectivity index (χ1v) is 7.49. The van der Waals surface area contributed by atoms with Crippen LogP contribution >= 0.6 is 12.4 Å². The second-order valence-electron chi connectivity index (χ2n) is 4.83. The van der Waals surface area contributed by atoms with Gasteiger partial charge in [-0.25, -0.2) is 13.2 Å². The van der Waals surface area contributed by atoms with Crippen molar-refractivity contribution in [3.8, 4) is 0 Å². The summed E-state index contributed by atoms with van der Waals surface area (Å²) >= 11 is 0. The van der Waals surface area contributed by atoms with E-state index in [2.05, 4.69) is 10.3 Å². The molecule has 0 bridgehead atoms. The Hall–Kier alpha value is -1.16. The van der Waals surface area contributed by atoms with Crippen LogP contribution in [0.4, 0.5) is 0 Å². The van der Waals surface area contributed by atoms with Crippen molar-refractivity contribution >= 4 is 22.4 Å². The van der Waals surface area contributed by atoms with E-state index in [1.807, 2.05) is 4.98 Å². The molecule has 1 aromatic heterocycles. The third-order valence-corrected chi connectivity index (χ3v) is 5.70. The quantitative estimate of drug-likeness (QED) is 0.611. The van der Waals surface area contributed by atoms with Crippen molar-refractivity contribution in [2.75, 3.05) is 19.6 Å². The topological polar surface area (TPSA) is 115 Å². The number of fused-ring (bicyclic) bond motifs is 1. The Morgan fingerprint density at radius 3 is 2.70 bits per heavy atom. The predicted octanol–water partition coefficient (Wildman–Crippen LogP) is -1.53. The number of sulfonamides is 1. The molecule has 2 fully saturated rings. The lowest BCUT2D eigenvalue weighted by molar-refractivity contribution is 0.382. The number of aromatic amines is 2. The Bertz CT molecular complexity index is 712. The Kier molecular flexibility index (Phi) is 4.05. The van der Waals surface area contributed by atoms with Gasteiger partial charge >= 0.3 is 5.69 Å². The van der Waals surface area contributed by atoms with E-state index in [1.54, 1.807) is 0 Å². The molecule has 20 heavy (non-hydrogen) atoms. The van der Waals surface area contributed by atoms with E-state index in [4.69, 9.17) is 0 Å². The molecule has 2 aliphatic heterocycles. The number of H-pyrrole nitrogens is 2. The van der Waals surface area contributed by atoms with Crippen LogP contribution in [0.3, 0.4) is 0 Å². The van der Waals surface area contributed by atoms with Crippen LogP contribution in [0.5, 0.6) is 0 Å². The van der Waals surface area contributed by atoms with Crippen molar-refractivity contribution in [2.45, 2.75) is 17.4 Å². The number of aromatic nitrogens is 2. The standard InChI is InChI=1S/C10H14N4O4S.ClH/c15-9-8(5-12-10(16)13-9)19(17,18)14-2-1-6-3-11-4-7(6)14;/h5-7,11H,1-4H2,(H2,12,13,15,16);1H/t6-,7+;/m1./s1. The summed E-state index contributed by atoms with van der Waals surface area (Å²) in [6, 6.07) is -0.101. The van der Waals surface area contributed by atoms with Gasteiger partial charge in [-0.05, 0) is 18.9 Å². The first-order valence-electron chi connectivity index (χ1n) is 6.05. The molecular formula is C10H15ClN4O4S. The zero-order chi connectivity index (χ0) is 13.6. The third-order valence-electron chi connectivity index (χ3n) is 3.77. The lowest BCUT2D eigenvalue weighted by atomic mass is 10.1. The Balaban J connectivity index is 0.00000147. The first-order chi connectivity index (χ1) is 9.00. The van der Waals surface area contributed by atoms with Crippen molar-refractivity contribution in [1.29, 1.82) is 0 Å². The van der Waals surface area contributed by atoms with Gasteiger partial charge in [0.15, 0.2) is 4.90 Å². The zero-order valence-electron chi connectivity index (χ0n) is 10.5. The van der Waals surface area contributed by atoms with E-state index in [0.717, 1.165) is 19.2 Å². The number of rotatable bonds is 2. The third kappa shape index (κ3) is 2.30. The fourth-order valence-electron chi connectivity index (χ4n) is 2.82. The maximum absolute atomic E-state index is 12.5. The van der Waals surface area contributed by atoms with Crippen molar-refractivity contribution < 1.29 is 8.42 Å². The minimum absolute atomic E-state index is 0. The second kappa shape index (κ2) is 5.32. The molecule has 0 amide bonds. The molecule has 3 rings (SSSR count). The van der Waals surface area contributed by atoms with Crippen molar-refractivity contribution in [1.82, 2.24) is 19.6 Å². The van der Waals surface area contributed by atoms with Crippen LogP contribution in [0.25, 0.3) is 0 Å². The van der Waals surface area contributed by atoms with Crippen LogP contribution in [-0.4, -0.2) is 48.4 Å². The molecule has 0 radical (unpaired) electrons. The Labute approximate surface area is 121 Å². The molecule has 112 valence electrons. The van der Waals surface area contributed by atoms with E-state index in [1.165, 1.54) is 4.31 Å². The SMILES string of the molecule is Cl.O=c1[nH]cc(S(=O)(=O)N2CC[C@@H]3CNC[C@@H]32)c(=O)[nH]1. The minimum atomic E-state index is -3.86. The summed E-state index contributed by atoms with van der Waals surface area (Å²) in [4.78, 5) is 26.3. The number of nitrogens with zero attached hydrogens (tertiary/aromatic N) is 1. The van der Waals surface area contributed by atoms with Crippen LogP contribution < -0.4 is 16.6 Å². The summed E-state index contributed by atoms with van der Waals surface area (Å²) in [5, 5.41) is 3.15. The molecule has 2 atom stereocenters. The molecule has 0 saturated carbocycles. The molecule has 0 unspecified atom stereocenters. The second-order valence-corrected chi connectivity index (χ2v) is 6.69. The summed E-state index contributed by atoms with van der Waals surface area (Å²) < 4.78 is 26.3. The Morgan fingerprint density at radius 1 is 1.25 bits per heavy atom. The highest BCUT2D eigenvalue weighted by molar-refractivity contribution is 7.89. The molecule has 3 N–H and O–H groups in total. The van der Waals surface area contributed by atoms with Gasteiger partial charge in [0.2, 0.25) is 10.0 Å². The van der Waals surface area contributed by atoms with Gasteiger partial charge in [0.05, 0.1) is 0 Å². The smallest absolute Gasteiger partial charge is 0.315 e. The molecule has 0 aliphatic carbocycles. The largest absolute Gasteiger partial charge is 0.325 e. The fraction of sp³-hybridized carbons (Fsp3) is 0.600. The van der Waals surface area contributed by atoms with E-state index >= 15 is 0 Å². The van der Waals surface area contributed by atoms with Gasteiger partial charge in [0.25, 0.3) is 5.56 Å². The minimum Gasteiger partial charge on any atom is -0.315 e. The van der Waals surface area contributed by atoms with E-state index in [9.17, 15) is 18.0 Å². The first kappa shape index (κ1) is 15.2. The highest BCUT2D eigenvalue weighted by Crippen LogP contribution is 2.31. The predicted molar refractivity (Wildman–Crippen MR) is 73.6 cm³/mol. The van der Waals surface area contributed by atoms with E-state index < -0.39 is 26.2 Å². The number of hydrogen-bond donors (Lipinski definition) is 3. The molecule has 3 heterocycles. The summed E-state index contributed by atoms with van der Waals surface area (Å²) in [5.41, 5.74) is -1.59. The summed E-state index contributed by atoms with van der Waals surface area (Å²) in [6.07, 6.45) is 1.75. The van der Waals surface area contributed by atoms with E-state index in [0.29, 0.717) is 19.0 Å². The molecular weight excluding hydrogens is 308 g/mol. The lowest BCUT2D eigenvalue weighted by Gasteiger charge is -2.22. The maximum atomic E-state index is 12.5. The molecule has 0 aromatic carbocycles. The van der Waals surface area contributed by atoms with Crippen LogP contribution in [0.2, 0.25) is 0 Å². The van der Waals surface area contributed by atoms with Crippen molar-refractivity contribution in [2.24, 2.45) is 5.92 Å². The van der Waals surface area contributed by atoms with Gasteiger partial charge in [-0.2, -0.15) is 4.31 Å². The van der Waals surface area contributed by atoms with Gasteiger partial charge < -0.3 is 10.3 Å². The fourth-order valence-corrected chi connectivity index (χ4v) is 4.52. The maximum Gasteiger partial charge on any atom is 0.325 e. The summed E-state index contributed by atoms with van der Waals surface area (Å²) in [7, 11) is -3.86. The summed E-state index contributed by atoms with van der Waals surface area (Å²) in [5.74, 6) is 0.302. The van der Waals surface area contributed by atoms with Crippen molar-refractivity contribution in [3.63, 3.8) is 0 Å². The van der Waals surface area contributed by atoms with Crippen LogP contribution in [0.1, 0.15) is 6.42 Å². The Morgan fingerprint density at radius 2 is 2.00 bits per heavy atom. The van der Waals surface area contributed by atoms with Gasteiger partial charge in [0, 0.05) is 25.3 Å². The zero-order valence-corrected chi connectivity index (χ0v) is 12.1. The van der Waals surface area contributed by atoms with E-state index in [-0.39, 0.29) is 18.4 Å². The highest BCUT2D eigenvalue weighted by atomic mass is 35.5. The number of hydrogen-bond acceptors (Lipinski definition) is 5. The highest BCUT2D eigenvalue weighted by Gasteiger charge is 2.44. The average Bonchev–Trinajstić information content (AvgIpc) is 2.88. The monoisotopic (exact) mass is 322 g/mol. The molecule has 2 saturated heterocycles. The van der Waals surface area contributed by atoms with Crippen molar-refractivity contribution in [3.05, 3.63) is 27.0 Å². The molecule has 10 heteroatoms. The lowest BCUT2D eigenvalue weighted by Crippen LogP contribution is -2.41. The van der Waals surface area contributed by atoms with Crippen LogP contribution in [0.15, 0.2) is 20.7 Å². The van der Waals surface area contributed by atoms with Gasteiger partial charge in [-0.3, -0.25) is 9.78 Å². The average molecular weight is 323 g/mol. The number of halogens is 1. The summed E-state index contributed by atoms with van der Waals surface area (Å²) in [6.45, 7) is 1.82. The molecule has 0 spiro atoms.